The molecule has 1 aliphatic rings. The van der Waals surface area contributed by atoms with E-state index >= 15 is 0 Å². The highest BCUT2D eigenvalue weighted by molar-refractivity contribution is 5.87. The van der Waals surface area contributed by atoms with Crippen LogP contribution < -0.4 is 5.32 Å². The summed E-state index contributed by atoms with van der Waals surface area (Å²) in [7, 11) is 0. The third-order valence-corrected chi connectivity index (χ3v) is 2.90. The molecule has 0 aliphatic carbocycles. The molecular formula is C13H16N3O2. The summed E-state index contributed by atoms with van der Waals surface area (Å²) in [5.41, 5.74) is 0.901. The number of rotatable bonds is 4. The van der Waals surface area contributed by atoms with E-state index in [1.165, 1.54) is 0 Å². The van der Waals surface area contributed by atoms with Crippen LogP contribution in [0.25, 0.3) is 0 Å². The fraction of sp³-hybridized carbons (Fsp3) is 0.385. The molecule has 1 N–H and O–H groups in total. The van der Waals surface area contributed by atoms with E-state index in [4.69, 9.17) is 0 Å². The lowest BCUT2D eigenvalue weighted by Crippen LogP contribution is -2.54. The van der Waals surface area contributed by atoms with Gasteiger partial charge >= 0.3 is 6.41 Å². The number of hydrogen-bond donors (Lipinski definition) is 1. The lowest BCUT2D eigenvalue weighted by molar-refractivity contribution is -0.139. The molecule has 1 heterocycles. The maximum atomic E-state index is 12.0. The van der Waals surface area contributed by atoms with Gasteiger partial charge in [-0.05, 0) is 5.56 Å². The summed E-state index contributed by atoms with van der Waals surface area (Å²) in [5.74, 6) is -0.238. The standard InChI is InChI=1S/C13H16N3O2/c17-11-16(15-8-6-14-7-9-15)13(18)10-12-4-2-1-3-5-12/h1-5,14H,6-10H2. The number of carbonyl (C=O) groups excluding carboxylic acids is 2. The van der Waals surface area contributed by atoms with E-state index in [1.807, 2.05) is 30.3 Å². The molecule has 2 rings (SSSR count). The average Bonchev–Trinajstić information content (AvgIpc) is 2.42. The van der Waals surface area contributed by atoms with Crippen molar-refractivity contribution in [1.82, 2.24) is 15.3 Å². The summed E-state index contributed by atoms with van der Waals surface area (Å²) >= 11 is 0. The zero-order valence-corrected chi connectivity index (χ0v) is 10.1. The molecule has 0 aromatic heterocycles. The van der Waals surface area contributed by atoms with Gasteiger partial charge in [-0.15, -0.1) is 0 Å². The minimum absolute atomic E-state index is 0.222. The van der Waals surface area contributed by atoms with Crippen LogP contribution in [-0.2, 0) is 16.0 Å². The number of piperazine rings is 1. The fourth-order valence-corrected chi connectivity index (χ4v) is 1.96. The van der Waals surface area contributed by atoms with Gasteiger partial charge in [0.15, 0.2) is 0 Å². The normalized spacial score (nSPS) is 16.2. The molecule has 1 saturated heterocycles. The van der Waals surface area contributed by atoms with Crippen LogP contribution in [0.1, 0.15) is 5.56 Å². The van der Waals surface area contributed by atoms with Crippen LogP contribution in [-0.4, -0.2) is 48.5 Å². The Morgan fingerprint density at radius 3 is 2.56 bits per heavy atom. The molecule has 0 atom stereocenters. The largest absolute Gasteiger partial charge is 0.335 e. The van der Waals surface area contributed by atoms with Gasteiger partial charge in [-0.25, -0.2) is 10.0 Å². The second kappa shape index (κ2) is 6.28. The van der Waals surface area contributed by atoms with E-state index in [9.17, 15) is 9.59 Å². The highest BCUT2D eigenvalue weighted by Gasteiger charge is 2.23. The van der Waals surface area contributed by atoms with Crippen molar-refractivity contribution in [2.75, 3.05) is 26.2 Å². The Morgan fingerprint density at radius 2 is 1.94 bits per heavy atom. The molecule has 0 unspecified atom stereocenters. The van der Waals surface area contributed by atoms with E-state index in [1.54, 1.807) is 11.4 Å². The number of imide groups is 1. The van der Waals surface area contributed by atoms with Crippen molar-refractivity contribution in [2.24, 2.45) is 0 Å². The van der Waals surface area contributed by atoms with E-state index < -0.39 is 0 Å². The third-order valence-electron chi connectivity index (χ3n) is 2.90. The van der Waals surface area contributed by atoms with Crippen LogP contribution in [0.2, 0.25) is 0 Å². The molecule has 18 heavy (non-hydrogen) atoms. The van der Waals surface area contributed by atoms with Crippen molar-refractivity contribution in [2.45, 2.75) is 6.42 Å². The number of hydrogen-bond acceptors (Lipinski definition) is 4. The lowest BCUT2D eigenvalue weighted by Gasteiger charge is -2.32. The molecule has 1 aliphatic heterocycles. The fourth-order valence-electron chi connectivity index (χ4n) is 1.96. The monoisotopic (exact) mass is 246 g/mol. The Balaban J connectivity index is 1.99. The summed E-state index contributed by atoms with van der Waals surface area (Å²) in [6.07, 6.45) is 1.95. The molecule has 5 heteroatoms. The van der Waals surface area contributed by atoms with Crippen molar-refractivity contribution in [1.29, 1.82) is 0 Å². The first-order valence-electron chi connectivity index (χ1n) is 6.01. The zero-order valence-electron chi connectivity index (χ0n) is 10.1. The van der Waals surface area contributed by atoms with Crippen LogP contribution in [0.15, 0.2) is 30.3 Å². The molecule has 5 nitrogen and oxygen atoms in total. The zero-order chi connectivity index (χ0) is 12.8. The Kier molecular flexibility index (Phi) is 4.44. The quantitative estimate of drug-likeness (QED) is 0.757. The van der Waals surface area contributed by atoms with Crippen molar-refractivity contribution < 1.29 is 9.59 Å². The predicted molar refractivity (Wildman–Crippen MR) is 67.1 cm³/mol. The predicted octanol–water partition coefficient (Wildman–Crippen LogP) is -0.0549. The number of hydrazine groups is 1. The highest BCUT2D eigenvalue weighted by Crippen LogP contribution is 2.05. The summed E-state index contributed by atoms with van der Waals surface area (Å²) in [6, 6.07) is 9.40. The van der Waals surface area contributed by atoms with Gasteiger partial charge in [-0.3, -0.25) is 9.59 Å². The first kappa shape index (κ1) is 12.7. The van der Waals surface area contributed by atoms with E-state index in [0.717, 1.165) is 23.7 Å². The SMILES string of the molecule is O=[C]N(C(=O)Cc1ccccc1)N1CCNCC1. The molecule has 2 amide bonds. The van der Waals surface area contributed by atoms with Crippen molar-refractivity contribution in [3.8, 4) is 0 Å². The second-order valence-electron chi connectivity index (χ2n) is 4.16. The summed E-state index contributed by atoms with van der Waals surface area (Å²) in [6.45, 7) is 2.85. The molecule has 1 fully saturated rings. The molecule has 1 aromatic carbocycles. The molecule has 1 radical (unpaired) electrons. The third kappa shape index (κ3) is 3.15. The Bertz CT molecular complexity index is 402. The van der Waals surface area contributed by atoms with Gasteiger partial charge in [0, 0.05) is 26.2 Å². The topological polar surface area (TPSA) is 52.7 Å². The summed E-state index contributed by atoms with van der Waals surface area (Å²) in [4.78, 5) is 23.0. The Morgan fingerprint density at radius 1 is 1.28 bits per heavy atom. The van der Waals surface area contributed by atoms with Crippen LogP contribution in [0.4, 0.5) is 0 Å². The van der Waals surface area contributed by atoms with E-state index in [2.05, 4.69) is 5.32 Å². The van der Waals surface area contributed by atoms with Crippen LogP contribution in [0, 0.1) is 0 Å². The van der Waals surface area contributed by atoms with Crippen LogP contribution in [0.5, 0.6) is 0 Å². The van der Waals surface area contributed by atoms with Gasteiger partial charge < -0.3 is 5.32 Å². The molecule has 0 spiro atoms. The summed E-state index contributed by atoms with van der Waals surface area (Å²) in [5, 5.41) is 5.98. The van der Waals surface area contributed by atoms with Crippen molar-refractivity contribution in [3.05, 3.63) is 35.9 Å². The van der Waals surface area contributed by atoms with Crippen LogP contribution in [0.3, 0.4) is 0 Å². The first-order valence-corrected chi connectivity index (χ1v) is 6.01. The van der Waals surface area contributed by atoms with Crippen LogP contribution >= 0.6 is 0 Å². The minimum atomic E-state index is -0.238. The number of nitrogens with zero attached hydrogens (tertiary/aromatic N) is 2. The van der Waals surface area contributed by atoms with Gasteiger partial charge in [0.1, 0.15) is 0 Å². The molecule has 1 aromatic rings. The average molecular weight is 246 g/mol. The maximum Gasteiger partial charge on any atom is 0.335 e. The van der Waals surface area contributed by atoms with E-state index in [0.29, 0.717) is 13.1 Å². The van der Waals surface area contributed by atoms with Gasteiger partial charge in [0.25, 0.3) is 0 Å². The van der Waals surface area contributed by atoms with Crippen molar-refractivity contribution in [3.63, 3.8) is 0 Å². The van der Waals surface area contributed by atoms with Gasteiger partial charge in [0.2, 0.25) is 5.91 Å². The van der Waals surface area contributed by atoms with Gasteiger partial charge in [-0.2, -0.15) is 0 Å². The minimum Gasteiger partial charge on any atom is -0.314 e. The number of benzene rings is 1. The maximum absolute atomic E-state index is 12.0. The Labute approximate surface area is 106 Å². The second-order valence-corrected chi connectivity index (χ2v) is 4.16. The molecular weight excluding hydrogens is 230 g/mol. The lowest BCUT2D eigenvalue weighted by atomic mass is 10.1. The molecule has 0 bridgehead atoms. The first-order chi connectivity index (χ1) is 8.81. The van der Waals surface area contributed by atoms with Gasteiger partial charge in [-0.1, -0.05) is 30.3 Å². The highest BCUT2D eigenvalue weighted by atomic mass is 16.2. The summed E-state index contributed by atoms with van der Waals surface area (Å²) < 4.78 is 0. The van der Waals surface area contributed by atoms with Crippen molar-refractivity contribution >= 4 is 12.3 Å². The smallest absolute Gasteiger partial charge is 0.314 e. The molecule has 95 valence electrons. The van der Waals surface area contributed by atoms with E-state index in [-0.39, 0.29) is 12.3 Å². The molecule has 0 saturated carbocycles. The number of nitrogens with one attached hydrogen (secondary N) is 1. The van der Waals surface area contributed by atoms with Gasteiger partial charge in [0.05, 0.1) is 6.42 Å². The Hall–Kier alpha value is -1.72. The number of amides is 2. The number of carbonyl (C=O) groups is 1.